The fourth-order valence-corrected chi connectivity index (χ4v) is 3.80. The molecular weight excluding hydrogens is 441 g/mol. The topological polar surface area (TPSA) is 84.6 Å². The van der Waals surface area contributed by atoms with E-state index in [2.05, 4.69) is 5.32 Å². The first-order chi connectivity index (χ1) is 14.8. The van der Waals surface area contributed by atoms with Gasteiger partial charge in [0.25, 0.3) is 11.8 Å². The molecule has 31 heavy (non-hydrogen) atoms. The maximum absolute atomic E-state index is 12.9. The molecule has 1 fully saturated rings. The predicted molar refractivity (Wildman–Crippen MR) is 116 cm³/mol. The van der Waals surface area contributed by atoms with Crippen LogP contribution in [0.15, 0.2) is 52.7 Å². The number of imide groups is 2. The number of nitrogens with zero attached hydrogens (tertiary/aromatic N) is 2. The van der Waals surface area contributed by atoms with E-state index in [4.69, 9.17) is 27.6 Å². The Morgan fingerprint density at radius 3 is 2.52 bits per heavy atom. The van der Waals surface area contributed by atoms with E-state index in [1.54, 1.807) is 24.3 Å². The van der Waals surface area contributed by atoms with Gasteiger partial charge in [-0.05, 0) is 61.9 Å². The van der Waals surface area contributed by atoms with E-state index < -0.39 is 17.8 Å². The minimum Gasteiger partial charge on any atom is -0.467 e. The van der Waals surface area contributed by atoms with Crippen LogP contribution in [0.25, 0.3) is 11.8 Å². The second-order valence-corrected chi connectivity index (χ2v) is 7.86. The fourth-order valence-electron chi connectivity index (χ4n) is 3.51. The van der Waals surface area contributed by atoms with Crippen molar-refractivity contribution < 1.29 is 18.8 Å². The summed E-state index contributed by atoms with van der Waals surface area (Å²) in [7, 11) is 0. The van der Waals surface area contributed by atoms with Gasteiger partial charge < -0.3 is 8.98 Å². The smallest absolute Gasteiger partial charge is 0.331 e. The molecule has 7 nitrogen and oxygen atoms in total. The Morgan fingerprint density at radius 1 is 1.06 bits per heavy atom. The van der Waals surface area contributed by atoms with Crippen molar-refractivity contribution in [2.75, 3.05) is 0 Å². The molecule has 3 heterocycles. The minimum atomic E-state index is -0.787. The summed E-state index contributed by atoms with van der Waals surface area (Å²) >= 11 is 12.2. The van der Waals surface area contributed by atoms with Gasteiger partial charge in [0.2, 0.25) is 0 Å². The van der Waals surface area contributed by atoms with E-state index >= 15 is 0 Å². The second kappa shape index (κ2) is 8.09. The van der Waals surface area contributed by atoms with Crippen molar-refractivity contribution in [2.45, 2.75) is 20.4 Å². The number of rotatable bonds is 4. The van der Waals surface area contributed by atoms with E-state index in [9.17, 15) is 14.4 Å². The number of carbonyl (C=O) groups excluding carboxylic acids is 3. The molecule has 0 saturated carbocycles. The molecule has 2 aromatic heterocycles. The number of halogens is 2. The van der Waals surface area contributed by atoms with Crippen LogP contribution >= 0.6 is 23.2 Å². The minimum absolute atomic E-state index is 0.0788. The Labute approximate surface area is 187 Å². The van der Waals surface area contributed by atoms with E-state index in [0.29, 0.717) is 21.4 Å². The third-order valence-corrected chi connectivity index (χ3v) is 5.75. The van der Waals surface area contributed by atoms with Crippen molar-refractivity contribution in [3.05, 3.63) is 81.0 Å². The van der Waals surface area contributed by atoms with Gasteiger partial charge >= 0.3 is 6.03 Å². The zero-order valence-corrected chi connectivity index (χ0v) is 18.1. The van der Waals surface area contributed by atoms with Gasteiger partial charge in [-0.3, -0.25) is 19.8 Å². The molecule has 4 rings (SSSR count). The van der Waals surface area contributed by atoms with Crippen LogP contribution in [0.3, 0.4) is 0 Å². The molecule has 1 saturated heterocycles. The number of barbiturate groups is 1. The number of benzene rings is 1. The second-order valence-electron chi connectivity index (χ2n) is 7.05. The quantitative estimate of drug-likeness (QED) is 0.456. The van der Waals surface area contributed by atoms with E-state index in [1.165, 1.54) is 12.3 Å². The highest BCUT2D eigenvalue weighted by atomic mass is 35.5. The van der Waals surface area contributed by atoms with Gasteiger partial charge in [0.1, 0.15) is 11.3 Å². The number of carbonyl (C=O) groups is 3. The molecule has 0 spiro atoms. The summed E-state index contributed by atoms with van der Waals surface area (Å²) in [4.78, 5) is 38.5. The third-order valence-electron chi connectivity index (χ3n) is 5.01. The van der Waals surface area contributed by atoms with Gasteiger partial charge in [0, 0.05) is 17.1 Å². The molecule has 1 aromatic carbocycles. The third kappa shape index (κ3) is 3.89. The summed E-state index contributed by atoms with van der Waals surface area (Å²) in [5, 5.41) is 3.07. The van der Waals surface area contributed by atoms with E-state index in [-0.39, 0.29) is 12.1 Å². The van der Waals surface area contributed by atoms with Crippen LogP contribution in [0.1, 0.15) is 22.7 Å². The number of hydrogen-bond donors (Lipinski definition) is 1. The van der Waals surface area contributed by atoms with Crippen molar-refractivity contribution in [1.82, 2.24) is 14.8 Å². The molecule has 1 N–H and O–H groups in total. The summed E-state index contributed by atoms with van der Waals surface area (Å²) in [5.41, 5.74) is 2.98. The SMILES string of the molecule is Cc1cc(/C=C2/C(=O)NC(=O)N(Cc3ccco3)C2=O)c(C)n1-c1ccc(Cl)c(Cl)c1. The van der Waals surface area contributed by atoms with Crippen LogP contribution in [0.4, 0.5) is 4.79 Å². The van der Waals surface area contributed by atoms with Crippen LogP contribution in [0.2, 0.25) is 10.0 Å². The Bertz CT molecular complexity index is 1240. The maximum atomic E-state index is 12.9. The lowest BCUT2D eigenvalue weighted by atomic mass is 10.1. The lowest BCUT2D eigenvalue weighted by Gasteiger charge is -2.25. The van der Waals surface area contributed by atoms with Crippen molar-refractivity contribution in [3.8, 4) is 5.69 Å². The van der Waals surface area contributed by atoms with Gasteiger partial charge in [-0.15, -0.1) is 0 Å². The largest absolute Gasteiger partial charge is 0.467 e. The number of aromatic nitrogens is 1. The molecule has 1 aliphatic rings. The van der Waals surface area contributed by atoms with Crippen LogP contribution in [-0.4, -0.2) is 27.3 Å². The highest BCUT2D eigenvalue weighted by Crippen LogP contribution is 2.29. The van der Waals surface area contributed by atoms with Crippen molar-refractivity contribution in [3.63, 3.8) is 0 Å². The van der Waals surface area contributed by atoms with Gasteiger partial charge in [0.15, 0.2) is 0 Å². The van der Waals surface area contributed by atoms with Crippen molar-refractivity contribution in [1.29, 1.82) is 0 Å². The molecule has 158 valence electrons. The average molecular weight is 458 g/mol. The molecule has 0 bridgehead atoms. The lowest BCUT2D eigenvalue weighted by Crippen LogP contribution is -2.53. The number of nitrogens with one attached hydrogen (secondary N) is 1. The average Bonchev–Trinajstić information content (AvgIpc) is 3.32. The first-order valence-corrected chi connectivity index (χ1v) is 10.1. The summed E-state index contributed by atoms with van der Waals surface area (Å²) in [6.07, 6.45) is 2.93. The molecule has 1 aliphatic heterocycles. The van der Waals surface area contributed by atoms with Crippen LogP contribution in [0, 0.1) is 13.8 Å². The monoisotopic (exact) mass is 457 g/mol. The molecule has 3 aromatic rings. The van der Waals surface area contributed by atoms with E-state index in [0.717, 1.165) is 22.0 Å². The normalized spacial score (nSPS) is 15.7. The van der Waals surface area contributed by atoms with Crippen LogP contribution in [0.5, 0.6) is 0 Å². The molecule has 4 amide bonds. The molecule has 0 unspecified atom stereocenters. The number of urea groups is 1. The summed E-state index contributed by atoms with van der Waals surface area (Å²) in [6.45, 7) is 3.68. The van der Waals surface area contributed by atoms with E-state index in [1.807, 2.05) is 30.5 Å². The molecular formula is C22H17Cl2N3O4. The molecule has 0 aliphatic carbocycles. The maximum Gasteiger partial charge on any atom is 0.331 e. The highest BCUT2D eigenvalue weighted by Gasteiger charge is 2.36. The van der Waals surface area contributed by atoms with Crippen molar-refractivity contribution >= 4 is 47.1 Å². The fraction of sp³-hybridized carbons (Fsp3) is 0.136. The van der Waals surface area contributed by atoms with Crippen LogP contribution < -0.4 is 5.32 Å². The molecule has 0 atom stereocenters. The summed E-state index contributed by atoms with van der Waals surface area (Å²) in [6, 6.07) is 9.62. The standard InChI is InChI=1S/C22H17Cl2N3O4/c1-12-8-14(13(2)27(12)15-5-6-18(23)19(24)10-15)9-17-20(28)25-22(30)26(21(17)29)11-16-4-3-7-31-16/h3-10H,11H2,1-2H3,(H,25,28,30)/b17-9-. The number of amides is 4. The van der Waals surface area contributed by atoms with Gasteiger partial charge in [0.05, 0.1) is 22.9 Å². The summed E-state index contributed by atoms with van der Waals surface area (Å²) in [5.74, 6) is -1.01. The predicted octanol–water partition coefficient (Wildman–Crippen LogP) is 4.66. The number of aryl methyl sites for hydroxylation is 1. The first-order valence-electron chi connectivity index (χ1n) is 9.32. The number of furan rings is 1. The molecule has 0 radical (unpaired) electrons. The molecule has 9 heteroatoms. The zero-order chi connectivity index (χ0) is 22.3. The highest BCUT2D eigenvalue weighted by molar-refractivity contribution is 6.42. The Hall–Kier alpha value is -3.29. The van der Waals surface area contributed by atoms with Gasteiger partial charge in [-0.25, -0.2) is 4.79 Å². The van der Waals surface area contributed by atoms with Crippen molar-refractivity contribution in [2.24, 2.45) is 0 Å². The Balaban J connectivity index is 1.71. The summed E-state index contributed by atoms with van der Waals surface area (Å²) < 4.78 is 7.15. The number of hydrogen-bond acceptors (Lipinski definition) is 4. The first kappa shape index (κ1) is 21.0. The Kier molecular flexibility index (Phi) is 5.47. The van der Waals surface area contributed by atoms with Gasteiger partial charge in [-0.1, -0.05) is 23.2 Å². The van der Waals surface area contributed by atoms with Crippen LogP contribution in [-0.2, 0) is 16.1 Å². The zero-order valence-electron chi connectivity index (χ0n) is 16.6. The lowest BCUT2D eigenvalue weighted by molar-refractivity contribution is -0.130. The van der Waals surface area contributed by atoms with Gasteiger partial charge in [-0.2, -0.15) is 0 Å². The Morgan fingerprint density at radius 2 is 1.84 bits per heavy atom.